The van der Waals surface area contributed by atoms with Gasteiger partial charge in [-0.3, -0.25) is 0 Å². The van der Waals surface area contributed by atoms with Crippen molar-refractivity contribution in [1.82, 2.24) is 9.62 Å². The molecule has 0 aliphatic heterocycles. The summed E-state index contributed by atoms with van der Waals surface area (Å²) in [4.78, 5) is 0.0712. The molecule has 3 rings (SSSR count). The first kappa shape index (κ1) is 17.9. The number of nitrogens with zero attached hydrogens (tertiary/aromatic N) is 1. The molecule has 0 unspecified atom stereocenters. The molecule has 1 aromatic carbocycles. The molecule has 2 fully saturated rings. The maximum atomic E-state index is 12.3. The number of nitrogens with one attached hydrogen (secondary N) is 2. The second kappa shape index (κ2) is 6.78. The molecular formula is C16H22ClN3O2S2. The smallest absolute Gasteiger partial charge is 0.244 e. The summed E-state index contributed by atoms with van der Waals surface area (Å²) in [7, 11) is -0.639. The molecular weight excluding hydrogens is 366 g/mol. The van der Waals surface area contributed by atoms with E-state index < -0.39 is 10.0 Å². The van der Waals surface area contributed by atoms with E-state index in [1.165, 1.54) is 45.8 Å². The summed E-state index contributed by atoms with van der Waals surface area (Å²) in [6.45, 7) is 0. The Kier molecular flexibility index (Phi) is 5.06. The van der Waals surface area contributed by atoms with Crippen molar-refractivity contribution in [3.63, 3.8) is 0 Å². The molecule has 0 spiro atoms. The van der Waals surface area contributed by atoms with Crippen molar-refractivity contribution in [3.05, 3.63) is 23.2 Å². The van der Waals surface area contributed by atoms with Gasteiger partial charge in [0.2, 0.25) is 10.0 Å². The second-order valence-corrected chi connectivity index (χ2v) is 9.75. The Morgan fingerprint density at radius 3 is 2.62 bits per heavy atom. The number of hydrogen-bond donors (Lipinski definition) is 2. The van der Waals surface area contributed by atoms with Crippen LogP contribution in [0.3, 0.4) is 0 Å². The van der Waals surface area contributed by atoms with Gasteiger partial charge in [0.25, 0.3) is 0 Å². The normalized spacial score (nSPS) is 25.9. The predicted molar refractivity (Wildman–Crippen MR) is 101 cm³/mol. The zero-order chi connectivity index (χ0) is 17.5. The number of thiocarbonyl (C=S) groups is 1. The molecule has 5 nitrogen and oxygen atoms in total. The number of hydrogen-bond acceptors (Lipinski definition) is 3. The summed E-state index contributed by atoms with van der Waals surface area (Å²) in [6.07, 6.45) is 5.09. The lowest BCUT2D eigenvalue weighted by molar-refractivity contribution is 0.392. The highest BCUT2D eigenvalue weighted by molar-refractivity contribution is 7.89. The molecule has 0 amide bonds. The maximum absolute atomic E-state index is 12.3. The van der Waals surface area contributed by atoms with Gasteiger partial charge in [0, 0.05) is 25.8 Å². The van der Waals surface area contributed by atoms with Crippen LogP contribution in [0.2, 0.25) is 5.02 Å². The largest absolute Gasteiger partial charge is 0.359 e. The van der Waals surface area contributed by atoms with Gasteiger partial charge in [-0.25, -0.2) is 12.7 Å². The third kappa shape index (κ3) is 3.54. The predicted octanol–water partition coefficient (Wildman–Crippen LogP) is 3.07. The van der Waals surface area contributed by atoms with E-state index in [2.05, 4.69) is 10.6 Å². The lowest BCUT2D eigenvalue weighted by Crippen LogP contribution is -2.40. The van der Waals surface area contributed by atoms with Crippen LogP contribution >= 0.6 is 23.8 Å². The fraction of sp³-hybridized carbons (Fsp3) is 0.562. The highest BCUT2D eigenvalue weighted by Crippen LogP contribution is 2.44. The second-order valence-electron chi connectivity index (χ2n) is 6.81. The average molecular weight is 388 g/mol. The van der Waals surface area contributed by atoms with Crippen LogP contribution in [0.1, 0.15) is 25.7 Å². The first-order chi connectivity index (χ1) is 11.3. The third-order valence-electron chi connectivity index (χ3n) is 5.00. The molecule has 0 aromatic heterocycles. The molecule has 2 N–H and O–H groups in total. The molecule has 2 saturated carbocycles. The fourth-order valence-corrected chi connectivity index (χ4v) is 5.40. The molecule has 2 aliphatic carbocycles. The highest BCUT2D eigenvalue weighted by Gasteiger charge is 2.39. The fourth-order valence-electron chi connectivity index (χ4n) is 3.73. The zero-order valence-electron chi connectivity index (χ0n) is 13.8. The van der Waals surface area contributed by atoms with E-state index in [0.717, 1.165) is 10.2 Å². The topological polar surface area (TPSA) is 61.4 Å². The van der Waals surface area contributed by atoms with Crippen molar-refractivity contribution >= 4 is 44.6 Å². The first-order valence-electron chi connectivity index (χ1n) is 8.07. The van der Waals surface area contributed by atoms with Gasteiger partial charge < -0.3 is 10.6 Å². The van der Waals surface area contributed by atoms with Gasteiger partial charge in [0.15, 0.2) is 5.11 Å². The van der Waals surface area contributed by atoms with Gasteiger partial charge in [-0.2, -0.15) is 0 Å². The van der Waals surface area contributed by atoms with Crippen LogP contribution in [-0.4, -0.2) is 38.0 Å². The van der Waals surface area contributed by atoms with Crippen LogP contribution in [0, 0.1) is 11.8 Å². The Hall–Kier alpha value is -0.890. The molecule has 1 aromatic rings. The number of sulfonamides is 1. The van der Waals surface area contributed by atoms with E-state index in [9.17, 15) is 8.42 Å². The number of halogens is 1. The number of fused-ring (bicyclic) bond motifs is 2. The van der Waals surface area contributed by atoms with Crippen LogP contribution in [0.15, 0.2) is 23.1 Å². The summed E-state index contributed by atoms with van der Waals surface area (Å²) in [5.41, 5.74) is 0.612. The molecule has 0 saturated heterocycles. The van der Waals surface area contributed by atoms with Crippen molar-refractivity contribution in [2.45, 2.75) is 36.6 Å². The molecule has 8 heteroatoms. The Bertz CT molecular complexity index is 752. The lowest BCUT2D eigenvalue weighted by Gasteiger charge is -2.24. The summed E-state index contributed by atoms with van der Waals surface area (Å²) in [5.74, 6) is 1.55. The van der Waals surface area contributed by atoms with E-state index in [1.54, 1.807) is 12.1 Å². The van der Waals surface area contributed by atoms with Gasteiger partial charge in [-0.05, 0) is 61.5 Å². The van der Waals surface area contributed by atoms with E-state index in [1.807, 2.05) is 0 Å². The van der Waals surface area contributed by atoms with Gasteiger partial charge in [0.1, 0.15) is 4.90 Å². The summed E-state index contributed by atoms with van der Waals surface area (Å²) in [5, 5.41) is 7.19. The van der Waals surface area contributed by atoms with E-state index in [0.29, 0.717) is 22.8 Å². The van der Waals surface area contributed by atoms with Crippen LogP contribution in [0.25, 0.3) is 0 Å². The third-order valence-corrected chi connectivity index (χ3v) is 7.52. The van der Waals surface area contributed by atoms with Gasteiger partial charge in [-0.1, -0.05) is 18.0 Å². The molecule has 0 radical (unpaired) electrons. The van der Waals surface area contributed by atoms with Crippen molar-refractivity contribution in [1.29, 1.82) is 0 Å². The molecule has 3 atom stereocenters. The van der Waals surface area contributed by atoms with Gasteiger partial charge in [0.05, 0.1) is 5.02 Å². The Labute approximate surface area is 153 Å². The number of anilines is 1. The Morgan fingerprint density at radius 1 is 1.29 bits per heavy atom. The zero-order valence-corrected chi connectivity index (χ0v) is 16.1. The maximum Gasteiger partial charge on any atom is 0.244 e. The van der Waals surface area contributed by atoms with Gasteiger partial charge >= 0.3 is 0 Å². The minimum absolute atomic E-state index is 0.0712. The lowest BCUT2D eigenvalue weighted by atomic mass is 9.96. The minimum Gasteiger partial charge on any atom is -0.359 e. The van der Waals surface area contributed by atoms with E-state index in [4.69, 9.17) is 23.8 Å². The average Bonchev–Trinajstić information content (AvgIpc) is 3.11. The molecule has 2 aliphatic rings. The number of rotatable bonds is 4. The molecule has 132 valence electrons. The summed E-state index contributed by atoms with van der Waals surface area (Å²) < 4.78 is 25.8. The summed E-state index contributed by atoms with van der Waals surface area (Å²) in [6, 6.07) is 5.25. The molecule has 0 heterocycles. The van der Waals surface area contributed by atoms with Crippen LogP contribution in [-0.2, 0) is 10.0 Å². The van der Waals surface area contributed by atoms with Gasteiger partial charge in [-0.15, -0.1) is 0 Å². The van der Waals surface area contributed by atoms with Crippen molar-refractivity contribution in [2.24, 2.45) is 11.8 Å². The monoisotopic (exact) mass is 387 g/mol. The minimum atomic E-state index is -3.60. The van der Waals surface area contributed by atoms with Crippen molar-refractivity contribution in [2.75, 3.05) is 19.4 Å². The van der Waals surface area contributed by atoms with Crippen molar-refractivity contribution < 1.29 is 8.42 Å². The SMILES string of the molecule is CN(C)S(=O)(=O)c1cc(NC(=S)N[C@H]2C[C@H]3CC[C@@H]2C3)ccc1Cl. The Balaban J connectivity index is 1.70. The molecule has 24 heavy (non-hydrogen) atoms. The highest BCUT2D eigenvalue weighted by atomic mass is 35.5. The van der Waals surface area contributed by atoms with Crippen LogP contribution < -0.4 is 10.6 Å². The van der Waals surface area contributed by atoms with E-state index in [-0.39, 0.29) is 9.92 Å². The van der Waals surface area contributed by atoms with Crippen molar-refractivity contribution in [3.8, 4) is 0 Å². The number of benzene rings is 1. The van der Waals surface area contributed by atoms with Crippen LogP contribution in [0.5, 0.6) is 0 Å². The quantitative estimate of drug-likeness (QED) is 0.777. The first-order valence-corrected chi connectivity index (χ1v) is 10.3. The summed E-state index contributed by atoms with van der Waals surface area (Å²) >= 11 is 11.5. The van der Waals surface area contributed by atoms with E-state index >= 15 is 0 Å². The Morgan fingerprint density at radius 2 is 2.04 bits per heavy atom. The molecule has 2 bridgehead atoms. The standard InChI is InChI=1S/C16H22ClN3O2S2/c1-20(2)24(21,22)15-9-12(5-6-13(15)17)18-16(23)19-14-8-10-3-4-11(14)7-10/h5-6,9-11,14H,3-4,7-8H2,1-2H3,(H2,18,19,23)/t10-,11+,14-/m0/s1. The van der Waals surface area contributed by atoms with Crippen LogP contribution in [0.4, 0.5) is 5.69 Å².